The first-order valence-electron chi connectivity index (χ1n) is 11.4. The fourth-order valence-corrected chi connectivity index (χ4v) is 4.07. The number of hydrogen-bond donors (Lipinski definition) is 1. The molecule has 0 saturated carbocycles. The standard InChI is InChI=1S/C26H34Cl2N2O4/c1-6-22(26(32)29-15-17(2)3)30(16-19-9-10-20(27)14-21(19)28)25(31)12-8-18-7-11-23(33-4)24(13-18)34-5/h7,9-11,13-14,17,22H,6,8,12,15-16H2,1-5H3,(H,29,32)/t22-/m0/s1. The van der Waals surface area contributed by atoms with Crippen LogP contribution in [0.2, 0.25) is 10.0 Å². The third kappa shape index (κ3) is 7.81. The highest BCUT2D eigenvalue weighted by molar-refractivity contribution is 6.35. The van der Waals surface area contributed by atoms with E-state index < -0.39 is 6.04 Å². The predicted octanol–water partition coefficient (Wildman–Crippen LogP) is 5.52. The van der Waals surface area contributed by atoms with Gasteiger partial charge in [0.05, 0.1) is 14.2 Å². The predicted molar refractivity (Wildman–Crippen MR) is 137 cm³/mol. The van der Waals surface area contributed by atoms with Crippen molar-refractivity contribution in [1.82, 2.24) is 10.2 Å². The third-order valence-electron chi connectivity index (χ3n) is 5.50. The lowest BCUT2D eigenvalue weighted by atomic mass is 10.1. The second-order valence-corrected chi connectivity index (χ2v) is 9.35. The number of rotatable bonds is 12. The van der Waals surface area contributed by atoms with Crippen LogP contribution in [0, 0.1) is 5.92 Å². The number of carbonyl (C=O) groups is 2. The molecule has 0 saturated heterocycles. The Kier molecular flexibility index (Phi) is 11.0. The molecule has 0 aliphatic rings. The number of hydrogen-bond acceptors (Lipinski definition) is 4. The molecule has 186 valence electrons. The van der Waals surface area contributed by atoms with Crippen molar-refractivity contribution in [1.29, 1.82) is 0 Å². The average Bonchev–Trinajstić information content (AvgIpc) is 2.82. The first-order valence-corrected chi connectivity index (χ1v) is 12.2. The van der Waals surface area contributed by atoms with Crippen molar-refractivity contribution in [2.45, 2.75) is 52.6 Å². The van der Waals surface area contributed by atoms with Crippen molar-refractivity contribution in [2.75, 3.05) is 20.8 Å². The van der Waals surface area contributed by atoms with E-state index in [0.29, 0.717) is 46.8 Å². The molecule has 6 nitrogen and oxygen atoms in total. The molecule has 0 bridgehead atoms. The van der Waals surface area contributed by atoms with Crippen LogP contribution in [-0.2, 0) is 22.6 Å². The van der Waals surface area contributed by atoms with E-state index in [4.69, 9.17) is 32.7 Å². The first-order chi connectivity index (χ1) is 16.2. The Morgan fingerprint density at radius 2 is 1.74 bits per heavy atom. The summed E-state index contributed by atoms with van der Waals surface area (Å²) in [5, 5.41) is 3.94. The number of carbonyl (C=O) groups excluding carboxylic acids is 2. The number of aryl methyl sites for hydroxylation is 1. The summed E-state index contributed by atoms with van der Waals surface area (Å²) in [7, 11) is 3.15. The molecule has 0 spiro atoms. The Labute approximate surface area is 212 Å². The van der Waals surface area contributed by atoms with Gasteiger partial charge < -0.3 is 19.7 Å². The minimum atomic E-state index is -0.608. The molecule has 0 unspecified atom stereocenters. The smallest absolute Gasteiger partial charge is 0.242 e. The number of halogens is 2. The molecule has 1 N–H and O–H groups in total. The zero-order valence-electron chi connectivity index (χ0n) is 20.5. The molecular weight excluding hydrogens is 475 g/mol. The molecule has 34 heavy (non-hydrogen) atoms. The van der Waals surface area contributed by atoms with Crippen LogP contribution in [0.25, 0.3) is 0 Å². The van der Waals surface area contributed by atoms with Crippen LogP contribution in [-0.4, -0.2) is 43.5 Å². The van der Waals surface area contributed by atoms with Gasteiger partial charge in [-0.15, -0.1) is 0 Å². The zero-order chi connectivity index (χ0) is 25.3. The molecule has 2 rings (SSSR count). The maximum absolute atomic E-state index is 13.4. The molecule has 2 amide bonds. The molecular formula is C26H34Cl2N2O4. The van der Waals surface area contributed by atoms with Gasteiger partial charge in [-0.1, -0.05) is 56.1 Å². The summed E-state index contributed by atoms with van der Waals surface area (Å²) >= 11 is 12.4. The zero-order valence-corrected chi connectivity index (χ0v) is 22.0. The van der Waals surface area contributed by atoms with Crippen LogP contribution in [0.1, 0.15) is 44.7 Å². The lowest BCUT2D eigenvalue weighted by Crippen LogP contribution is -2.49. The van der Waals surface area contributed by atoms with Crippen LogP contribution < -0.4 is 14.8 Å². The summed E-state index contributed by atoms with van der Waals surface area (Å²) in [5.74, 6) is 1.25. The normalized spacial score (nSPS) is 11.8. The van der Waals surface area contributed by atoms with Crippen molar-refractivity contribution >= 4 is 35.0 Å². The van der Waals surface area contributed by atoms with Gasteiger partial charge in [-0.05, 0) is 54.2 Å². The number of amides is 2. The molecule has 0 aliphatic heterocycles. The summed E-state index contributed by atoms with van der Waals surface area (Å²) in [5.41, 5.74) is 1.67. The van der Waals surface area contributed by atoms with Crippen molar-refractivity contribution in [3.05, 3.63) is 57.6 Å². The van der Waals surface area contributed by atoms with Gasteiger partial charge in [0.25, 0.3) is 0 Å². The summed E-state index contributed by atoms with van der Waals surface area (Å²) in [6.45, 7) is 6.72. The molecule has 0 aliphatic carbocycles. The number of nitrogens with one attached hydrogen (secondary N) is 1. The Bertz CT molecular complexity index is 981. The molecule has 0 aromatic heterocycles. The number of ether oxygens (including phenoxy) is 2. The summed E-state index contributed by atoms with van der Waals surface area (Å²) < 4.78 is 10.7. The summed E-state index contributed by atoms with van der Waals surface area (Å²) in [6.07, 6.45) is 1.21. The number of nitrogens with zero attached hydrogens (tertiary/aromatic N) is 1. The topological polar surface area (TPSA) is 67.9 Å². The second kappa shape index (κ2) is 13.4. The third-order valence-corrected chi connectivity index (χ3v) is 6.09. The Hall–Kier alpha value is -2.44. The van der Waals surface area contributed by atoms with Gasteiger partial charge in [-0.25, -0.2) is 0 Å². The first kappa shape index (κ1) is 27.8. The summed E-state index contributed by atoms with van der Waals surface area (Å²) in [4.78, 5) is 28.0. The fourth-order valence-electron chi connectivity index (χ4n) is 3.61. The van der Waals surface area contributed by atoms with Gasteiger partial charge in [-0.2, -0.15) is 0 Å². The SMILES string of the molecule is CC[C@@H](C(=O)NCC(C)C)N(Cc1ccc(Cl)cc1Cl)C(=O)CCc1ccc(OC)c(OC)c1. The van der Waals surface area contributed by atoms with E-state index in [1.165, 1.54) is 0 Å². The van der Waals surface area contributed by atoms with E-state index >= 15 is 0 Å². The quantitative estimate of drug-likeness (QED) is 0.409. The van der Waals surface area contributed by atoms with Gasteiger partial charge in [0.2, 0.25) is 11.8 Å². The molecule has 0 fully saturated rings. The minimum Gasteiger partial charge on any atom is -0.493 e. The summed E-state index contributed by atoms with van der Waals surface area (Å²) in [6, 6.07) is 10.1. The number of methoxy groups -OCH3 is 2. The van der Waals surface area contributed by atoms with Gasteiger partial charge in [-0.3, -0.25) is 9.59 Å². The van der Waals surface area contributed by atoms with Gasteiger partial charge in [0.1, 0.15) is 6.04 Å². The van der Waals surface area contributed by atoms with Crippen molar-refractivity contribution in [2.24, 2.45) is 5.92 Å². The van der Waals surface area contributed by atoms with Gasteiger partial charge in [0, 0.05) is 29.6 Å². The average molecular weight is 509 g/mol. The van der Waals surface area contributed by atoms with E-state index in [2.05, 4.69) is 5.32 Å². The Morgan fingerprint density at radius 3 is 2.32 bits per heavy atom. The maximum Gasteiger partial charge on any atom is 0.242 e. The highest BCUT2D eigenvalue weighted by Gasteiger charge is 2.29. The van der Waals surface area contributed by atoms with Gasteiger partial charge >= 0.3 is 0 Å². The molecule has 0 heterocycles. The van der Waals surface area contributed by atoms with Crippen LogP contribution in [0.4, 0.5) is 0 Å². The van der Waals surface area contributed by atoms with E-state index in [1.807, 2.05) is 39.0 Å². The Balaban J connectivity index is 2.26. The largest absolute Gasteiger partial charge is 0.493 e. The van der Waals surface area contributed by atoms with E-state index in [9.17, 15) is 9.59 Å². The number of benzene rings is 2. The van der Waals surface area contributed by atoms with Crippen LogP contribution in [0.3, 0.4) is 0 Å². The minimum absolute atomic E-state index is 0.132. The molecule has 2 aromatic rings. The van der Waals surface area contributed by atoms with Crippen LogP contribution >= 0.6 is 23.2 Å². The highest BCUT2D eigenvalue weighted by Crippen LogP contribution is 2.28. The van der Waals surface area contributed by atoms with Crippen molar-refractivity contribution in [3.8, 4) is 11.5 Å². The lowest BCUT2D eigenvalue weighted by molar-refractivity contribution is -0.141. The molecule has 1 atom stereocenters. The van der Waals surface area contributed by atoms with Crippen molar-refractivity contribution < 1.29 is 19.1 Å². The molecule has 0 radical (unpaired) electrons. The Morgan fingerprint density at radius 1 is 1.03 bits per heavy atom. The van der Waals surface area contributed by atoms with Crippen LogP contribution in [0.5, 0.6) is 11.5 Å². The van der Waals surface area contributed by atoms with Gasteiger partial charge in [0.15, 0.2) is 11.5 Å². The second-order valence-electron chi connectivity index (χ2n) is 8.51. The lowest BCUT2D eigenvalue weighted by Gasteiger charge is -2.31. The van der Waals surface area contributed by atoms with Crippen molar-refractivity contribution in [3.63, 3.8) is 0 Å². The van der Waals surface area contributed by atoms with Crippen LogP contribution in [0.15, 0.2) is 36.4 Å². The van der Waals surface area contributed by atoms with E-state index in [1.54, 1.807) is 37.3 Å². The molecule has 8 heteroatoms. The highest BCUT2D eigenvalue weighted by atomic mass is 35.5. The maximum atomic E-state index is 13.4. The van der Waals surface area contributed by atoms with E-state index in [0.717, 1.165) is 11.1 Å². The van der Waals surface area contributed by atoms with E-state index in [-0.39, 0.29) is 24.8 Å². The molecule has 2 aromatic carbocycles. The fraction of sp³-hybridized carbons (Fsp3) is 0.462. The monoisotopic (exact) mass is 508 g/mol.